The first kappa shape index (κ1) is 55.2. The summed E-state index contributed by atoms with van der Waals surface area (Å²) < 4.78 is 38.6. The maximum Gasteiger partial charge on any atom is 0.472 e. The molecular formula is C47H85O11P. The fourth-order valence-corrected chi connectivity index (χ4v) is 7.47. The molecule has 0 radical (unpaired) electrons. The third-order valence-corrected chi connectivity index (χ3v) is 11.4. The highest BCUT2D eigenvalue weighted by atomic mass is 31.2. The molecule has 0 aromatic heterocycles. The maximum absolute atomic E-state index is 12.7. The summed E-state index contributed by atoms with van der Waals surface area (Å²) in [6.45, 7) is 4.63. The van der Waals surface area contributed by atoms with Gasteiger partial charge in [0.05, 0.1) is 32.0 Å². The van der Waals surface area contributed by atoms with E-state index in [1.165, 1.54) is 96.3 Å². The van der Waals surface area contributed by atoms with Gasteiger partial charge in [-0.2, -0.15) is 0 Å². The fourth-order valence-electron chi connectivity index (χ4n) is 6.68. The van der Waals surface area contributed by atoms with Crippen molar-refractivity contribution in [3.63, 3.8) is 0 Å². The van der Waals surface area contributed by atoms with Gasteiger partial charge in [0.15, 0.2) is 6.10 Å². The van der Waals surface area contributed by atoms with Gasteiger partial charge in [-0.25, -0.2) is 4.57 Å². The maximum atomic E-state index is 12.7. The Morgan fingerprint density at radius 3 is 1.80 bits per heavy atom. The van der Waals surface area contributed by atoms with Crippen LogP contribution >= 0.6 is 7.82 Å². The summed E-state index contributed by atoms with van der Waals surface area (Å²) in [5, 5.41) is 18.4. The van der Waals surface area contributed by atoms with E-state index < -0.39 is 51.8 Å². The number of carbonyl (C=O) groups excluding carboxylic acids is 2. The smallest absolute Gasteiger partial charge is 0.462 e. The van der Waals surface area contributed by atoms with Gasteiger partial charge in [-0.15, -0.1) is 0 Å². The zero-order chi connectivity index (χ0) is 43.2. The Labute approximate surface area is 358 Å². The van der Waals surface area contributed by atoms with Crippen LogP contribution in [0.15, 0.2) is 36.5 Å². The van der Waals surface area contributed by atoms with Crippen molar-refractivity contribution in [3.05, 3.63) is 36.5 Å². The standard InChI is InChI=1S/C47H85O11P/c1-4-5-6-7-8-9-10-17-20-23-26-29-33-44-45(58-44)34-31-36-46(50)54-39-43(40-56-59(52,53)55-38-42(49)37-48)57-47(51)35-30-27-24-21-18-15-13-11-12-14-16-19-22-25-28-32-41(2)3/h8-9,17,20,26,29,41-45,48-49H,4-7,10-16,18-19,21-25,27-28,30-40H2,1-3H3,(H,52,53)/b9-8-,20-17-,29-26-/t42-,43+,44?,45?/m0/s1. The minimum Gasteiger partial charge on any atom is -0.462 e. The molecule has 11 nitrogen and oxygen atoms in total. The molecule has 1 rings (SSSR count). The zero-order valence-corrected chi connectivity index (χ0v) is 38.2. The number of carbonyl (C=O) groups is 2. The van der Waals surface area contributed by atoms with Crippen molar-refractivity contribution in [2.45, 2.75) is 219 Å². The normalized spacial score (nSPS) is 17.6. The molecule has 0 aromatic rings. The third-order valence-electron chi connectivity index (χ3n) is 10.4. The van der Waals surface area contributed by atoms with E-state index >= 15 is 0 Å². The lowest BCUT2D eigenvalue weighted by molar-refractivity contribution is -0.161. The second-order valence-corrected chi connectivity index (χ2v) is 18.1. The molecule has 1 aliphatic rings. The monoisotopic (exact) mass is 857 g/mol. The number of esters is 2. The average molecular weight is 857 g/mol. The lowest BCUT2D eigenvalue weighted by Gasteiger charge is -2.20. The Bertz CT molecular complexity index is 1160. The van der Waals surface area contributed by atoms with Crippen LogP contribution in [0.4, 0.5) is 0 Å². The van der Waals surface area contributed by atoms with Gasteiger partial charge in [-0.05, 0) is 57.3 Å². The molecule has 1 heterocycles. The molecule has 344 valence electrons. The van der Waals surface area contributed by atoms with Gasteiger partial charge < -0.3 is 29.3 Å². The van der Waals surface area contributed by atoms with Crippen LogP contribution in [-0.4, -0.2) is 77.9 Å². The number of epoxide rings is 1. The second-order valence-electron chi connectivity index (χ2n) is 16.6. The Kier molecular flexibility index (Phi) is 35.4. The van der Waals surface area contributed by atoms with Crippen molar-refractivity contribution in [3.8, 4) is 0 Å². The Morgan fingerprint density at radius 2 is 1.20 bits per heavy atom. The number of phosphoric acid groups is 1. The number of ether oxygens (including phenoxy) is 3. The van der Waals surface area contributed by atoms with E-state index in [0.29, 0.717) is 12.8 Å². The Hall–Kier alpha value is -1.85. The number of rotatable bonds is 42. The highest BCUT2D eigenvalue weighted by molar-refractivity contribution is 7.47. The number of aliphatic hydroxyl groups excluding tert-OH is 2. The topological polar surface area (TPSA) is 161 Å². The zero-order valence-electron chi connectivity index (χ0n) is 37.3. The lowest BCUT2D eigenvalue weighted by atomic mass is 10.0. The minimum atomic E-state index is -4.64. The predicted octanol–water partition coefficient (Wildman–Crippen LogP) is 11.6. The number of hydrogen-bond acceptors (Lipinski definition) is 10. The van der Waals surface area contributed by atoms with Crippen molar-refractivity contribution in [2.24, 2.45) is 5.92 Å². The molecule has 12 heteroatoms. The largest absolute Gasteiger partial charge is 0.472 e. The predicted molar refractivity (Wildman–Crippen MR) is 237 cm³/mol. The molecule has 0 saturated carbocycles. The van der Waals surface area contributed by atoms with E-state index in [1.807, 2.05) is 0 Å². The number of phosphoric ester groups is 1. The van der Waals surface area contributed by atoms with Gasteiger partial charge in [0.1, 0.15) is 12.7 Å². The van der Waals surface area contributed by atoms with E-state index in [9.17, 15) is 24.2 Å². The van der Waals surface area contributed by atoms with Gasteiger partial charge in [-0.3, -0.25) is 18.6 Å². The summed E-state index contributed by atoms with van der Waals surface area (Å²) >= 11 is 0. The van der Waals surface area contributed by atoms with Crippen LogP contribution in [0, 0.1) is 5.92 Å². The summed E-state index contributed by atoms with van der Waals surface area (Å²) in [5.74, 6) is -0.172. The molecule has 1 aliphatic heterocycles. The number of aliphatic hydroxyl groups is 2. The molecule has 59 heavy (non-hydrogen) atoms. The first-order valence-electron chi connectivity index (χ1n) is 23.4. The van der Waals surface area contributed by atoms with Crippen LogP contribution in [0.2, 0.25) is 0 Å². The Morgan fingerprint density at radius 1 is 0.661 bits per heavy atom. The third kappa shape index (κ3) is 36.5. The van der Waals surface area contributed by atoms with Crippen LogP contribution in [0.1, 0.15) is 194 Å². The summed E-state index contributed by atoms with van der Waals surface area (Å²) in [6.07, 6.45) is 39.9. The van der Waals surface area contributed by atoms with Crippen molar-refractivity contribution in [2.75, 3.05) is 26.4 Å². The van der Waals surface area contributed by atoms with Crippen LogP contribution in [0.3, 0.4) is 0 Å². The molecule has 5 atom stereocenters. The van der Waals surface area contributed by atoms with E-state index in [4.69, 9.17) is 28.4 Å². The average Bonchev–Trinajstić information content (AvgIpc) is 3.97. The van der Waals surface area contributed by atoms with Crippen LogP contribution < -0.4 is 0 Å². The molecule has 0 spiro atoms. The van der Waals surface area contributed by atoms with Gasteiger partial charge in [-0.1, -0.05) is 166 Å². The summed E-state index contributed by atoms with van der Waals surface area (Å²) in [5.41, 5.74) is 0. The fraction of sp³-hybridized carbons (Fsp3) is 0.830. The highest BCUT2D eigenvalue weighted by Crippen LogP contribution is 2.43. The summed E-state index contributed by atoms with van der Waals surface area (Å²) in [6, 6.07) is 0. The SMILES string of the molecule is CCCCC/C=C\C/C=C\C/C=C\CC1OC1CCCC(=O)OC[C@H](COP(=O)(O)OC[C@@H](O)CO)OC(=O)CCCCCCCCCCCCCCCCCC(C)C. The molecule has 1 saturated heterocycles. The molecule has 3 unspecified atom stereocenters. The van der Waals surface area contributed by atoms with Gasteiger partial charge in [0.2, 0.25) is 0 Å². The van der Waals surface area contributed by atoms with Crippen LogP contribution in [0.5, 0.6) is 0 Å². The summed E-state index contributed by atoms with van der Waals surface area (Å²) in [4.78, 5) is 35.2. The molecule has 0 aliphatic carbocycles. The van der Waals surface area contributed by atoms with Crippen LogP contribution in [-0.2, 0) is 37.4 Å². The van der Waals surface area contributed by atoms with E-state index in [1.54, 1.807) is 0 Å². The summed E-state index contributed by atoms with van der Waals surface area (Å²) in [7, 11) is -4.64. The van der Waals surface area contributed by atoms with Crippen LogP contribution in [0.25, 0.3) is 0 Å². The Balaban J connectivity index is 2.26. The van der Waals surface area contributed by atoms with Gasteiger partial charge in [0.25, 0.3) is 0 Å². The second kappa shape index (κ2) is 37.9. The number of allylic oxidation sites excluding steroid dienone is 5. The highest BCUT2D eigenvalue weighted by Gasteiger charge is 2.36. The molecule has 0 amide bonds. The lowest BCUT2D eigenvalue weighted by Crippen LogP contribution is -2.29. The van der Waals surface area contributed by atoms with Gasteiger partial charge in [0, 0.05) is 12.8 Å². The molecule has 0 bridgehead atoms. The van der Waals surface area contributed by atoms with Gasteiger partial charge >= 0.3 is 19.8 Å². The van der Waals surface area contributed by atoms with Crippen molar-refractivity contribution in [1.29, 1.82) is 0 Å². The first-order valence-corrected chi connectivity index (χ1v) is 24.9. The van der Waals surface area contributed by atoms with Crippen molar-refractivity contribution >= 4 is 19.8 Å². The number of hydrogen-bond donors (Lipinski definition) is 3. The molecule has 0 aromatic carbocycles. The first-order chi connectivity index (χ1) is 28.6. The number of unbranched alkanes of at least 4 members (excludes halogenated alkanes) is 17. The van der Waals surface area contributed by atoms with E-state index in [0.717, 1.165) is 57.3 Å². The molecule has 3 N–H and O–H groups in total. The molecule has 1 fully saturated rings. The minimum absolute atomic E-state index is 0.115. The van der Waals surface area contributed by atoms with E-state index in [-0.39, 0.29) is 31.7 Å². The van der Waals surface area contributed by atoms with E-state index in [2.05, 4.69) is 57.2 Å². The van der Waals surface area contributed by atoms with Crippen molar-refractivity contribution < 1.29 is 52.5 Å². The molecular weight excluding hydrogens is 771 g/mol. The quantitative estimate of drug-likeness (QED) is 0.0176. The van der Waals surface area contributed by atoms with Crippen molar-refractivity contribution in [1.82, 2.24) is 0 Å².